The molecule has 0 saturated heterocycles. The largest absolute Gasteiger partial charge is 0.486 e. The fourth-order valence-electron chi connectivity index (χ4n) is 2.16. The summed E-state index contributed by atoms with van der Waals surface area (Å²) in [7, 11) is 0. The first-order chi connectivity index (χ1) is 9.08. The van der Waals surface area contributed by atoms with Crippen LogP contribution in [-0.2, 0) is 11.2 Å². The molecule has 0 bridgehead atoms. The van der Waals surface area contributed by atoms with Crippen molar-refractivity contribution in [2.75, 3.05) is 13.2 Å². The number of fused-ring (bicyclic) bond motifs is 1. The number of hydrogen-bond donors (Lipinski definition) is 1. The van der Waals surface area contributed by atoms with Gasteiger partial charge in [0.15, 0.2) is 11.5 Å². The van der Waals surface area contributed by atoms with Gasteiger partial charge in [-0.3, -0.25) is 4.79 Å². The van der Waals surface area contributed by atoms with Crippen molar-refractivity contribution in [2.45, 2.75) is 32.4 Å². The molecular formula is C14H17FO4. The first kappa shape index (κ1) is 13.6. The summed E-state index contributed by atoms with van der Waals surface area (Å²) in [6.07, 6.45) is -0.0360. The maximum atomic E-state index is 13.6. The molecule has 0 fully saturated rings. The van der Waals surface area contributed by atoms with E-state index in [1.807, 2.05) is 0 Å². The number of aliphatic carboxylic acids is 1. The van der Waals surface area contributed by atoms with Crippen molar-refractivity contribution in [3.05, 3.63) is 23.3 Å². The molecule has 0 radical (unpaired) electrons. The zero-order valence-corrected chi connectivity index (χ0v) is 10.8. The van der Waals surface area contributed by atoms with Crippen molar-refractivity contribution in [2.24, 2.45) is 0 Å². The second-order valence-electron chi connectivity index (χ2n) is 4.56. The summed E-state index contributed by atoms with van der Waals surface area (Å²) in [5, 5.41) is 8.64. The molecule has 1 heterocycles. The van der Waals surface area contributed by atoms with Crippen LogP contribution in [0.3, 0.4) is 0 Å². The number of benzene rings is 1. The highest BCUT2D eigenvalue weighted by atomic mass is 19.1. The van der Waals surface area contributed by atoms with Crippen LogP contribution in [0.2, 0.25) is 0 Å². The van der Waals surface area contributed by atoms with Gasteiger partial charge in [0.2, 0.25) is 0 Å². The molecule has 1 aromatic rings. The topological polar surface area (TPSA) is 55.8 Å². The maximum Gasteiger partial charge on any atom is 0.303 e. The lowest BCUT2D eigenvalue weighted by molar-refractivity contribution is -0.137. The molecule has 1 aliphatic rings. The van der Waals surface area contributed by atoms with E-state index in [1.54, 1.807) is 12.1 Å². The molecule has 104 valence electrons. The molecule has 1 unspecified atom stereocenters. The fraction of sp³-hybridized carbons (Fsp3) is 0.500. The SMILES string of the molecule is CC(F)c1cc2c(cc1CCCC(=O)O)OCCO2. The molecule has 19 heavy (non-hydrogen) atoms. The minimum absolute atomic E-state index is 0.0779. The first-order valence-corrected chi connectivity index (χ1v) is 6.36. The summed E-state index contributed by atoms with van der Waals surface area (Å²) in [5.41, 5.74) is 1.34. The summed E-state index contributed by atoms with van der Waals surface area (Å²) in [6, 6.07) is 3.43. The van der Waals surface area contributed by atoms with Gasteiger partial charge in [-0.25, -0.2) is 4.39 Å². The van der Waals surface area contributed by atoms with Crippen molar-refractivity contribution in [3.63, 3.8) is 0 Å². The summed E-state index contributed by atoms with van der Waals surface area (Å²) in [6.45, 7) is 2.41. The average molecular weight is 268 g/mol. The van der Waals surface area contributed by atoms with E-state index in [1.165, 1.54) is 6.92 Å². The van der Waals surface area contributed by atoms with Gasteiger partial charge in [-0.05, 0) is 43.0 Å². The van der Waals surface area contributed by atoms with Crippen LogP contribution in [0.4, 0.5) is 4.39 Å². The van der Waals surface area contributed by atoms with Crippen molar-refractivity contribution in [1.29, 1.82) is 0 Å². The van der Waals surface area contributed by atoms with Gasteiger partial charge in [0, 0.05) is 6.42 Å². The minimum Gasteiger partial charge on any atom is -0.486 e. The van der Waals surface area contributed by atoms with Crippen molar-refractivity contribution in [1.82, 2.24) is 0 Å². The number of carboxylic acid groups (broad SMARTS) is 1. The minimum atomic E-state index is -1.12. The van der Waals surface area contributed by atoms with Crippen LogP contribution in [0, 0.1) is 0 Å². The molecule has 0 aliphatic carbocycles. The summed E-state index contributed by atoms with van der Waals surface area (Å²) in [5.74, 6) is 0.334. The number of rotatable bonds is 5. The number of hydrogen-bond acceptors (Lipinski definition) is 3. The van der Waals surface area contributed by atoms with Gasteiger partial charge in [0.05, 0.1) is 0 Å². The van der Waals surface area contributed by atoms with Crippen molar-refractivity contribution in [3.8, 4) is 11.5 Å². The molecule has 1 atom stereocenters. The highest BCUT2D eigenvalue weighted by Crippen LogP contribution is 2.36. The maximum absolute atomic E-state index is 13.6. The Kier molecular flexibility index (Phi) is 4.24. The summed E-state index contributed by atoms with van der Waals surface area (Å²) in [4.78, 5) is 10.5. The summed E-state index contributed by atoms with van der Waals surface area (Å²) < 4.78 is 24.5. The first-order valence-electron chi connectivity index (χ1n) is 6.36. The standard InChI is InChI=1S/C14H17FO4/c1-9(15)11-8-13-12(18-5-6-19-13)7-10(11)3-2-4-14(16)17/h7-9H,2-6H2,1H3,(H,16,17). The highest BCUT2D eigenvalue weighted by molar-refractivity contribution is 5.66. The van der Waals surface area contributed by atoms with Gasteiger partial charge in [-0.2, -0.15) is 0 Å². The second kappa shape index (κ2) is 5.91. The molecule has 0 saturated carbocycles. The quantitative estimate of drug-likeness (QED) is 0.892. The van der Waals surface area contributed by atoms with Gasteiger partial charge in [0.1, 0.15) is 19.4 Å². The van der Waals surface area contributed by atoms with E-state index in [0.29, 0.717) is 43.1 Å². The highest BCUT2D eigenvalue weighted by Gasteiger charge is 2.18. The van der Waals surface area contributed by atoms with Crippen LogP contribution in [0.15, 0.2) is 12.1 Å². The van der Waals surface area contributed by atoms with E-state index < -0.39 is 12.1 Å². The second-order valence-corrected chi connectivity index (χ2v) is 4.56. The van der Waals surface area contributed by atoms with E-state index in [4.69, 9.17) is 14.6 Å². The Hall–Kier alpha value is -1.78. The predicted octanol–water partition coefficient (Wildman–Crippen LogP) is 2.90. The normalized spacial score (nSPS) is 15.1. The molecule has 5 heteroatoms. The van der Waals surface area contributed by atoms with Crippen LogP contribution < -0.4 is 9.47 Å². The lowest BCUT2D eigenvalue weighted by Crippen LogP contribution is -2.16. The average Bonchev–Trinajstić information content (AvgIpc) is 2.37. The van der Waals surface area contributed by atoms with E-state index in [9.17, 15) is 9.18 Å². The molecule has 0 spiro atoms. The van der Waals surface area contributed by atoms with Crippen molar-refractivity contribution < 1.29 is 23.8 Å². The van der Waals surface area contributed by atoms with E-state index >= 15 is 0 Å². The lowest BCUT2D eigenvalue weighted by Gasteiger charge is -2.21. The van der Waals surface area contributed by atoms with E-state index in [0.717, 1.165) is 5.56 Å². The third kappa shape index (κ3) is 3.36. The molecule has 2 rings (SSSR count). The molecule has 1 aromatic carbocycles. The molecule has 0 aromatic heterocycles. The number of halogens is 1. The Labute approximate surface area is 111 Å². The fourth-order valence-corrected chi connectivity index (χ4v) is 2.16. The monoisotopic (exact) mass is 268 g/mol. The van der Waals surface area contributed by atoms with Gasteiger partial charge < -0.3 is 14.6 Å². The molecule has 1 N–H and O–H groups in total. The van der Waals surface area contributed by atoms with Crippen LogP contribution in [-0.4, -0.2) is 24.3 Å². The van der Waals surface area contributed by atoms with Gasteiger partial charge in [-0.15, -0.1) is 0 Å². The van der Waals surface area contributed by atoms with Gasteiger partial charge in [0.25, 0.3) is 0 Å². The Morgan fingerprint density at radius 1 is 1.37 bits per heavy atom. The number of carbonyl (C=O) groups is 1. The van der Waals surface area contributed by atoms with E-state index in [-0.39, 0.29) is 6.42 Å². The number of ether oxygens (including phenoxy) is 2. The number of alkyl halides is 1. The Morgan fingerprint density at radius 2 is 2.00 bits per heavy atom. The predicted molar refractivity (Wildman–Crippen MR) is 67.5 cm³/mol. The number of aryl methyl sites for hydroxylation is 1. The zero-order chi connectivity index (χ0) is 13.8. The van der Waals surface area contributed by atoms with Crippen LogP contribution in [0.25, 0.3) is 0 Å². The van der Waals surface area contributed by atoms with Crippen LogP contribution in [0.1, 0.15) is 37.1 Å². The molecule has 1 aliphatic heterocycles. The van der Waals surface area contributed by atoms with E-state index in [2.05, 4.69) is 0 Å². The lowest BCUT2D eigenvalue weighted by atomic mass is 9.98. The summed E-state index contributed by atoms with van der Waals surface area (Å²) >= 11 is 0. The zero-order valence-electron chi connectivity index (χ0n) is 10.8. The Bertz CT molecular complexity index is 471. The molecule has 4 nitrogen and oxygen atoms in total. The van der Waals surface area contributed by atoms with Crippen LogP contribution in [0.5, 0.6) is 11.5 Å². The molecular weight excluding hydrogens is 251 g/mol. The van der Waals surface area contributed by atoms with Gasteiger partial charge >= 0.3 is 5.97 Å². The molecule has 0 amide bonds. The Morgan fingerprint density at radius 3 is 2.58 bits per heavy atom. The third-order valence-electron chi connectivity index (χ3n) is 3.07. The van der Waals surface area contributed by atoms with Crippen LogP contribution >= 0.6 is 0 Å². The van der Waals surface area contributed by atoms with Crippen molar-refractivity contribution >= 4 is 5.97 Å². The third-order valence-corrected chi connectivity index (χ3v) is 3.07. The Balaban J connectivity index is 2.21. The smallest absolute Gasteiger partial charge is 0.303 e. The number of carboxylic acids is 1. The van der Waals surface area contributed by atoms with Gasteiger partial charge in [-0.1, -0.05) is 0 Å².